The monoisotopic (exact) mass is 269 g/mol. The molecule has 0 bridgehead atoms. The second kappa shape index (κ2) is 5.40. The van der Waals surface area contributed by atoms with Crippen molar-refractivity contribution in [2.75, 3.05) is 5.32 Å². The van der Waals surface area contributed by atoms with Crippen LogP contribution < -0.4 is 5.32 Å². The summed E-state index contributed by atoms with van der Waals surface area (Å²) in [6.07, 6.45) is -0.105. The Morgan fingerprint density at radius 3 is 2.50 bits per heavy atom. The van der Waals surface area contributed by atoms with Crippen molar-refractivity contribution in [3.63, 3.8) is 0 Å². The molecule has 0 spiro atoms. The fraction of sp³-hybridized carbons (Fsp3) is 0.385. The third-order valence-electron chi connectivity index (χ3n) is 2.58. The zero-order valence-corrected chi connectivity index (χ0v) is 11.3. The Labute approximate surface area is 111 Å². The summed E-state index contributed by atoms with van der Waals surface area (Å²) in [6.45, 7) is 4.91. The maximum Gasteiger partial charge on any atom is 0.309 e. The van der Waals surface area contributed by atoms with Crippen LogP contribution in [0.3, 0.4) is 0 Å². The van der Waals surface area contributed by atoms with Gasteiger partial charge < -0.3 is 10.4 Å². The molecule has 0 fully saturated rings. The van der Waals surface area contributed by atoms with Gasteiger partial charge in [0, 0.05) is 6.42 Å². The van der Waals surface area contributed by atoms with Crippen LogP contribution in [-0.2, 0) is 9.59 Å². The summed E-state index contributed by atoms with van der Waals surface area (Å²) in [5.74, 6) is -1.37. The van der Waals surface area contributed by atoms with Gasteiger partial charge in [-0.1, -0.05) is 17.7 Å². The number of carbonyl (C=O) groups excluding carboxylic acids is 1. The zero-order valence-electron chi connectivity index (χ0n) is 10.6. The topological polar surface area (TPSA) is 66.4 Å². The second-order valence-electron chi connectivity index (χ2n) is 4.90. The molecule has 0 aliphatic rings. The number of hydrogen-bond acceptors (Lipinski definition) is 2. The molecule has 0 radical (unpaired) electrons. The molecule has 1 aromatic rings. The van der Waals surface area contributed by atoms with Crippen molar-refractivity contribution < 1.29 is 14.7 Å². The number of rotatable bonds is 4. The lowest BCUT2D eigenvalue weighted by molar-refractivity contribution is -0.148. The van der Waals surface area contributed by atoms with Gasteiger partial charge in [-0.25, -0.2) is 0 Å². The molecule has 1 aromatic carbocycles. The molecule has 1 amide bonds. The molecule has 1 rings (SSSR count). The largest absolute Gasteiger partial charge is 0.481 e. The first-order valence-corrected chi connectivity index (χ1v) is 5.89. The second-order valence-corrected chi connectivity index (χ2v) is 5.30. The fourth-order valence-corrected chi connectivity index (χ4v) is 1.68. The summed E-state index contributed by atoms with van der Waals surface area (Å²) < 4.78 is 0. The highest BCUT2D eigenvalue weighted by Crippen LogP contribution is 2.25. The van der Waals surface area contributed by atoms with Crippen molar-refractivity contribution in [2.45, 2.75) is 27.2 Å². The van der Waals surface area contributed by atoms with Crippen LogP contribution in [0.4, 0.5) is 5.69 Å². The van der Waals surface area contributed by atoms with Gasteiger partial charge in [0.25, 0.3) is 0 Å². The molecule has 98 valence electrons. The number of carboxylic acid groups (broad SMARTS) is 1. The number of halogens is 1. The van der Waals surface area contributed by atoms with Crippen molar-refractivity contribution in [1.82, 2.24) is 0 Å². The highest BCUT2D eigenvalue weighted by atomic mass is 35.5. The van der Waals surface area contributed by atoms with Crippen molar-refractivity contribution >= 4 is 29.2 Å². The van der Waals surface area contributed by atoms with Gasteiger partial charge in [0.05, 0.1) is 16.1 Å². The summed E-state index contributed by atoms with van der Waals surface area (Å²) in [6, 6.07) is 5.26. The highest BCUT2D eigenvalue weighted by molar-refractivity contribution is 6.33. The minimum Gasteiger partial charge on any atom is -0.481 e. The van der Waals surface area contributed by atoms with Gasteiger partial charge in [-0.05, 0) is 38.5 Å². The molecule has 0 heterocycles. The van der Waals surface area contributed by atoms with Crippen molar-refractivity contribution in [1.29, 1.82) is 0 Å². The van der Waals surface area contributed by atoms with Crippen LogP contribution in [0.1, 0.15) is 25.8 Å². The van der Waals surface area contributed by atoms with E-state index < -0.39 is 11.4 Å². The lowest BCUT2D eigenvalue weighted by atomic mass is 9.89. The maximum absolute atomic E-state index is 11.7. The number of amides is 1. The Morgan fingerprint density at radius 2 is 2.00 bits per heavy atom. The van der Waals surface area contributed by atoms with E-state index in [9.17, 15) is 9.59 Å². The number of nitrogens with one attached hydrogen (secondary N) is 1. The van der Waals surface area contributed by atoms with Crippen LogP contribution in [0.5, 0.6) is 0 Å². The molecule has 0 aliphatic carbocycles. The van der Waals surface area contributed by atoms with Crippen LogP contribution >= 0.6 is 11.6 Å². The summed E-state index contributed by atoms with van der Waals surface area (Å²) >= 11 is 5.98. The van der Waals surface area contributed by atoms with E-state index in [2.05, 4.69) is 5.32 Å². The standard InChI is InChI=1S/C13H16ClNO3/c1-8-4-5-10(9(14)6-8)15-11(16)7-13(2,3)12(17)18/h4-6H,7H2,1-3H3,(H,15,16)(H,17,18). The van der Waals surface area contributed by atoms with E-state index in [4.69, 9.17) is 16.7 Å². The molecule has 0 aliphatic heterocycles. The van der Waals surface area contributed by atoms with Crippen LogP contribution in [0, 0.1) is 12.3 Å². The molecular formula is C13H16ClNO3. The van der Waals surface area contributed by atoms with E-state index >= 15 is 0 Å². The molecule has 0 saturated heterocycles. The van der Waals surface area contributed by atoms with Gasteiger partial charge in [-0.15, -0.1) is 0 Å². The molecular weight excluding hydrogens is 254 g/mol. The normalized spacial score (nSPS) is 11.1. The zero-order chi connectivity index (χ0) is 13.9. The van der Waals surface area contributed by atoms with E-state index in [0.29, 0.717) is 10.7 Å². The number of carbonyl (C=O) groups is 2. The van der Waals surface area contributed by atoms with E-state index in [0.717, 1.165) is 5.56 Å². The van der Waals surface area contributed by atoms with E-state index in [-0.39, 0.29) is 12.3 Å². The minimum atomic E-state index is -1.10. The minimum absolute atomic E-state index is 0.105. The number of aliphatic carboxylic acids is 1. The molecule has 0 atom stereocenters. The molecule has 0 saturated carbocycles. The molecule has 2 N–H and O–H groups in total. The number of hydrogen-bond donors (Lipinski definition) is 2. The van der Waals surface area contributed by atoms with Gasteiger partial charge in [-0.2, -0.15) is 0 Å². The van der Waals surface area contributed by atoms with Gasteiger partial charge in [-0.3, -0.25) is 9.59 Å². The summed E-state index contributed by atoms with van der Waals surface area (Å²) in [4.78, 5) is 22.7. The molecule has 0 aromatic heterocycles. The number of carboxylic acids is 1. The Morgan fingerprint density at radius 1 is 1.39 bits per heavy atom. The first kappa shape index (κ1) is 14.5. The lowest BCUT2D eigenvalue weighted by Gasteiger charge is -2.18. The third kappa shape index (κ3) is 3.74. The molecule has 18 heavy (non-hydrogen) atoms. The number of anilines is 1. The number of benzene rings is 1. The Hall–Kier alpha value is -1.55. The van der Waals surface area contributed by atoms with E-state index in [1.54, 1.807) is 12.1 Å². The van der Waals surface area contributed by atoms with Gasteiger partial charge >= 0.3 is 5.97 Å². The van der Waals surface area contributed by atoms with Crippen molar-refractivity contribution in [3.05, 3.63) is 28.8 Å². The van der Waals surface area contributed by atoms with E-state index in [1.807, 2.05) is 13.0 Å². The first-order valence-electron chi connectivity index (χ1n) is 5.52. The highest BCUT2D eigenvalue weighted by Gasteiger charge is 2.30. The van der Waals surface area contributed by atoms with Gasteiger partial charge in [0.2, 0.25) is 5.91 Å². The average Bonchev–Trinajstić information content (AvgIpc) is 2.21. The van der Waals surface area contributed by atoms with Crippen molar-refractivity contribution in [3.8, 4) is 0 Å². The summed E-state index contributed by atoms with van der Waals surface area (Å²) in [5.41, 5.74) is 0.388. The average molecular weight is 270 g/mol. The molecule has 0 unspecified atom stereocenters. The maximum atomic E-state index is 11.7. The van der Waals surface area contributed by atoms with Gasteiger partial charge in [0.15, 0.2) is 0 Å². The number of aryl methyl sites for hydroxylation is 1. The van der Waals surface area contributed by atoms with Crippen LogP contribution in [-0.4, -0.2) is 17.0 Å². The Bertz CT molecular complexity index is 483. The van der Waals surface area contributed by atoms with Crippen LogP contribution in [0.25, 0.3) is 0 Å². The van der Waals surface area contributed by atoms with E-state index in [1.165, 1.54) is 13.8 Å². The SMILES string of the molecule is Cc1ccc(NC(=O)CC(C)(C)C(=O)O)c(Cl)c1. The Balaban J connectivity index is 2.74. The first-order chi connectivity index (χ1) is 8.22. The quantitative estimate of drug-likeness (QED) is 0.883. The lowest BCUT2D eigenvalue weighted by Crippen LogP contribution is -2.29. The van der Waals surface area contributed by atoms with Crippen LogP contribution in [0.2, 0.25) is 5.02 Å². The van der Waals surface area contributed by atoms with Gasteiger partial charge in [0.1, 0.15) is 0 Å². The van der Waals surface area contributed by atoms with Crippen molar-refractivity contribution in [2.24, 2.45) is 5.41 Å². The predicted octanol–water partition coefficient (Wildman–Crippen LogP) is 3.09. The fourth-order valence-electron chi connectivity index (χ4n) is 1.39. The molecule has 5 heteroatoms. The molecule has 4 nitrogen and oxygen atoms in total. The predicted molar refractivity (Wildman–Crippen MR) is 70.9 cm³/mol. The summed E-state index contributed by atoms with van der Waals surface area (Å²) in [7, 11) is 0. The smallest absolute Gasteiger partial charge is 0.309 e. The third-order valence-corrected chi connectivity index (χ3v) is 2.89. The Kier molecular flexibility index (Phi) is 4.35. The van der Waals surface area contributed by atoms with Crippen LogP contribution in [0.15, 0.2) is 18.2 Å². The summed E-state index contributed by atoms with van der Waals surface area (Å²) in [5, 5.41) is 12.0.